The number of aliphatic imine (C=N–C) groups is 1. The second-order valence-electron chi connectivity index (χ2n) is 7.18. The van der Waals surface area contributed by atoms with E-state index in [-0.39, 0.29) is 0 Å². The highest BCUT2D eigenvalue weighted by atomic mass is 15.2. The Morgan fingerprint density at radius 3 is 2.52 bits per heavy atom. The molecule has 23 heavy (non-hydrogen) atoms. The van der Waals surface area contributed by atoms with E-state index in [1.165, 1.54) is 49.3 Å². The number of hydrogen-bond donors (Lipinski definition) is 0. The summed E-state index contributed by atoms with van der Waals surface area (Å²) in [5.41, 5.74) is 5.01. The van der Waals surface area contributed by atoms with Gasteiger partial charge in [0.15, 0.2) is 0 Å². The van der Waals surface area contributed by atoms with Gasteiger partial charge in [0.25, 0.3) is 0 Å². The van der Waals surface area contributed by atoms with E-state index in [2.05, 4.69) is 54.5 Å². The molecule has 1 aromatic rings. The Hall–Kier alpha value is -1.77. The SMILES string of the molecule is C=CC=Nc1cc(N2CC3CCC(C3)C2)cc(CC)c1N(C)C. The second-order valence-corrected chi connectivity index (χ2v) is 7.18. The lowest BCUT2D eigenvalue weighted by molar-refractivity contribution is 0.421. The molecule has 0 aromatic heterocycles. The van der Waals surface area contributed by atoms with Crippen LogP contribution in [0.5, 0.6) is 0 Å². The summed E-state index contributed by atoms with van der Waals surface area (Å²) in [6.45, 7) is 8.42. The molecule has 3 heteroatoms. The van der Waals surface area contributed by atoms with E-state index in [4.69, 9.17) is 0 Å². The largest absolute Gasteiger partial charge is 0.376 e. The molecule has 0 amide bonds. The number of anilines is 2. The van der Waals surface area contributed by atoms with Gasteiger partial charge in [-0.15, -0.1) is 0 Å². The van der Waals surface area contributed by atoms with Crippen LogP contribution in [0, 0.1) is 11.8 Å². The maximum Gasteiger partial charge on any atom is 0.0886 e. The summed E-state index contributed by atoms with van der Waals surface area (Å²) < 4.78 is 0. The molecule has 1 aliphatic heterocycles. The third-order valence-corrected chi connectivity index (χ3v) is 5.27. The van der Waals surface area contributed by atoms with Crippen LogP contribution in [0.4, 0.5) is 17.1 Å². The van der Waals surface area contributed by atoms with Crippen molar-refractivity contribution in [3.63, 3.8) is 0 Å². The van der Waals surface area contributed by atoms with Crippen molar-refractivity contribution >= 4 is 23.3 Å². The van der Waals surface area contributed by atoms with E-state index in [1.54, 1.807) is 12.3 Å². The molecule has 2 bridgehead atoms. The predicted octanol–water partition coefficient (Wildman–Crippen LogP) is 4.44. The van der Waals surface area contributed by atoms with Gasteiger partial charge in [-0.25, -0.2) is 0 Å². The van der Waals surface area contributed by atoms with Crippen molar-refractivity contribution in [1.82, 2.24) is 0 Å². The molecule has 3 nitrogen and oxygen atoms in total. The van der Waals surface area contributed by atoms with E-state index in [1.807, 2.05) is 0 Å². The second kappa shape index (κ2) is 6.77. The number of fused-ring (bicyclic) bond motifs is 2. The van der Waals surface area contributed by atoms with Crippen LogP contribution in [-0.2, 0) is 6.42 Å². The minimum Gasteiger partial charge on any atom is -0.376 e. The van der Waals surface area contributed by atoms with Gasteiger partial charge in [0.05, 0.1) is 11.4 Å². The normalized spacial score (nSPS) is 23.5. The van der Waals surface area contributed by atoms with Crippen molar-refractivity contribution < 1.29 is 0 Å². The first-order chi connectivity index (χ1) is 11.1. The smallest absolute Gasteiger partial charge is 0.0886 e. The van der Waals surface area contributed by atoms with Gasteiger partial charge in [-0.1, -0.05) is 19.6 Å². The van der Waals surface area contributed by atoms with Crippen LogP contribution in [-0.4, -0.2) is 33.4 Å². The Morgan fingerprint density at radius 2 is 1.96 bits per heavy atom. The Balaban J connectivity index is 2.00. The highest BCUT2D eigenvalue weighted by Gasteiger charge is 2.33. The number of benzene rings is 1. The van der Waals surface area contributed by atoms with Crippen molar-refractivity contribution in [2.45, 2.75) is 32.6 Å². The first-order valence-electron chi connectivity index (χ1n) is 8.86. The molecule has 2 fully saturated rings. The lowest BCUT2D eigenvalue weighted by atomic mass is 9.97. The molecule has 0 spiro atoms. The molecule has 3 rings (SSSR count). The third-order valence-electron chi connectivity index (χ3n) is 5.27. The lowest BCUT2D eigenvalue weighted by Gasteiger charge is -2.34. The van der Waals surface area contributed by atoms with E-state index in [0.29, 0.717) is 0 Å². The average molecular weight is 311 g/mol. The van der Waals surface area contributed by atoms with Gasteiger partial charge in [-0.05, 0) is 55.2 Å². The molecular weight excluding hydrogens is 282 g/mol. The fraction of sp³-hybridized carbons (Fsp3) is 0.550. The maximum atomic E-state index is 4.65. The number of piperidine rings is 1. The number of nitrogens with zero attached hydrogens (tertiary/aromatic N) is 3. The van der Waals surface area contributed by atoms with Crippen molar-refractivity contribution in [2.24, 2.45) is 16.8 Å². The molecule has 0 N–H and O–H groups in total. The monoisotopic (exact) mass is 311 g/mol. The molecule has 2 atom stereocenters. The fourth-order valence-electron chi connectivity index (χ4n) is 4.28. The van der Waals surface area contributed by atoms with Gasteiger partial charge in [0.2, 0.25) is 0 Å². The van der Waals surface area contributed by atoms with Crippen LogP contribution in [0.3, 0.4) is 0 Å². The van der Waals surface area contributed by atoms with Crippen molar-refractivity contribution in [1.29, 1.82) is 0 Å². The lowest BCUT2D eigenvalue weighted by Crippen LogP contribution is -2.36. The van der Waals surface area contributed by atoms with E-state index < -0.39 is 0 Å². The van der Waals surface area contributed by atoms with Crippen molar-refractivity contribution in [2.75, 3.05) is 37.0 Å². The minimum absolute atomic E-state index is 0.896. The van der Waals surface area contributed by atoms with E-state index >= 15 is 0 Å². The summed E-state index contributed by atoms with van der Waals surface area (Å²) >= 11 is 0. The minimum atomic E-state index is 0.896. The molecule has 2 unspecified atom stereocenters. The molecule has 2 aliphatic rings. The Kier molecular flexibility index (Phi) is 4.74. The molecule has 1 saturated carbocycles. The van der Waals surface area contributed by atoms with Gasteiger partial charge in [0.1, 0.15) is 0 Å². The molecule has 0 radical (unpaired) electrons. The molecule has 1 saturated heterocycles. The first kappa shape index (κ1) is 16.1. The topological polar surface area (TPSA) is 18.8 Å². The van der Waals surface area contributed by atoms with Crippen LogP contribution < -0.4 is 9.80 Å². The molecule has 1 heterocycles. The average Bonchev–Trinajstić information content (AvgIpc) is 2.89. The van der Waals surface area contributed by atoms with Gasteiger partial charge in [-0.2, -0.15) is 0 Å². The summed E-state index contributed by atoms with van der Waals surface area (Å²) in [7, 11) is 4.20. The van der Waals surface area contributed by atoms with Gasteiger partial charge in [0, 0.05) is 39.1 Å². The molecule has 124 valence electrons. The summed E-state index contributed by atoms with van der Waals surface area (Å²) in [6, 6.07) is 4.65. The van der Waals surface area contributed by atoms with Crippen LogP contribution in [0.1, 0.15) is 31.7 Å². The number of hydrogen-bond acceptors (Lipinski definition) is 3. The maximum absolute atomic E-state index is 4.65. The van der Waals surface area contributed by atoms with Gasteiger partial charge in [-0.3, -0.25) is 4.99 Å². The Morgan fingerprint density at radius 1 is 1.26 bits per heavy atom. The zero-order valence-corrected chi connectivity index (χ0v) is 14.8. The summed E-state index contributed by atoms with van der Waals surface area (Å²) in [4.78, 5) is 9.43. The molecular formula is C20H29N3. The third kappa shape index (κ3) is 3.29. The first-order valence-corrected chi connectivity index (χ1v) is 8.86. The quantitative estimate of drug-likeness (QED) is 0.749. The highest BCUT2D eigenvalue weighted by molar-refractivity contribution is 5.82. The number of allylic oxidation sites excluding steroid dienone is 1. The zero-order chi connectivity index (χ0) is 16.4. The summed E-state index contributed by atoms with van der Waals surface area (Å²) in [6.07, 6.45) is 8.84. The van der Waals surface area contributed by atoms with E-state index in [9.17, 15) is 0 Å². The number of aryl methyl sites for hydroxylation is 1. The van der Waals surface area contributed by atoms with Crippen LogP contribution in [0.25, 0.3) is 0 Å². The van der Waals surface area contributed by atoms with Crippen LogP contribution in [0.15, 0.2) is 29.8 Å². The van der Waals surface area contributed by atoms with Gasteiger partial charge >= 0.3 is 0 Å². The summed E-state index contributed by atoms with van der Waals surface area (Å²) in [5, 5.41) is 0. The van der Waals surface area contributed by atoms with Crippen molar-refractivity contribution in [3.8, 4) is 0 Å². The Labute approximate surface area is 140 Å². The van der Waals surface area contributed by atoms with Crippen molar-refractivity contribution in [3.05, 3.63) is 30.4 Å². The Bertz CT molecular complexity index is 591. The highest BCUT2D eigenvalue weighted by Crippen LogP contribution is 2.41. The fourth-order valence-corrected chi connectivity index (χ4v) is 4.28. The standard InChI is InChI=1S/C20H29N3/c1-5-9-21-19-12-18(11-17(6-2)20(19)22(3)4)23-13-15-7-8-16(10-15)14-23/h5,9,11-12,15-16H,1,6-8,10,13-14H2,2-4H3. The van der Waals surface area contributed by atoms with Crippen LogP contribution in [0.2, 0.25) is 0 Å². The van der Waals surface area contributed by atoms with Crippen LogP contribution >= 0.6 is 0 Å². The zero-order valence-electron chi connectivity index (χ0n) is 14.8. The molecule has 1 aliphatic carbocycles. The predicted molar refractivity (Wildman–Crippen MR) is 102 cm³/mol. The number of rotatable bonds is 5. The molecule has 1 aromatic carbocycles. The summed E-state index contributed by atoms with van der Waals surface area (Å²) in [5.74, 6) is 1.79. The van der Waals surface area contributed by atoms with Gasteiger partial charge < -0.3 is 9.80 Å². The van der Waals surface area contributed by atoms with E-state index in [0.717, 1.165) is 23.9 Å².